The van der Waals surface area contributed by atoms with Crippen LogP contribution in [0.4, 0.5) is 4.79 Å². The predicted molar refractivity (Wildman–Crippen MR) is 60.8 cm³/mol. The van der Waals surface area contributed by atoms with Crippen molar-refractivity contribution in [2.24, 2.45) is 11.7 Å². The molecule has 1 aliphatic rings. The number of imide groups is 1. The van der Waals surface area contributed by atoms with Crippen molar-refractivity contribution in [3.05, 3.63) is 0 Å². The van der Waals surface area contributed by atoms with Gasteiger partial charge in [0.15, 0.2) is 0 Å². The molecule has 0 aromatic heterocycles. The molecule has 6 heteroatoms. The molecule has 1 rings (SSSR count). The highest BCUT2D eigenvalue weighted by Gasteiger charge is 2.16. The first-order valence-corrected chi connectivity index (χ1v) is 5.56. The number of nitrogens with zero attached hydrogens (tertiary/aromatic N) is 1. The Morgan fingerprint density at radius 3 is 2.88 bits per heavy atom. The van der Waals surface area contributed by atoms with Gasteiger partial charge in [-0.2, -0.15) is 0 Å². The van der Waals surface area contributed by atoms with Crippen LogP contribution in [-0.2, 0) is 4.79 Å². The smallest absolute Gasteiger partial charge is 0.318 e. The van der Waals surface area contributed by atoms with E-state index in [2.05, 4.69) is 10.6 Å². The molecule has 1 fully saturated rings. The quantitative estimate of drug-likeness (QED) is 0.582. The van der Waals surface area contributed by atoms with E-state index in [-0.39, 0.29) is 12.5 Å². The molecule has 0 aromatic carbocycles. The summed E-state index contributed by atoms with van der Waals surface area (Å²) in [6.45, 7) is 3.16. The third-order valence-corrected chi connectivity index (χ3v) is 2.64. The molecule has 0 saturated carbocycles. The SMILES string of the molecule is CN(CC(=O)NC(N)=O)CC1CCCNC1. The van der Waals surface area contributed by atoms with Gasteiger partial charge in [0.05, 0.1) is 6.54 Å². The first kappa shape index (κ1) is 12.9. The zero-order valence-corrected chi connectivity index (χ0v) is 9.66. The second-order valence-corrected chi connectivity index (χ2v) is 4.32. The zero-order valence-electron chi connectivity index (χ0n) is 9.66. The maximum Gasteiger partial charge on any atom is 0.318 e. The lowest BCUT2D eigenvalue weighted by molar-refractivity contribution is -0.120. The van der Waals surface area contributed by atoms with E-state index in [1.54, 1.807) is 0 Å². The summed E-state index contributed by atoms with van der Waals surface area (Å²) in [5, 5.41) is 5.38. The van der Waals surface area contributed by atoms with Gasteiger partial charge in [-0.15, -0.1) is 0 Å². The average molecular weight is 228 g/mol. The van der Waals surface area contributed by atoms with Crippen molar-refractivity contribution < 1.29 is 9.59 Å². The Hall–Kier alpha value is -1.14. The molecule has 0 aliphatic carbocycles. The Kier molecular flexibility index (Phi) is 5.21. The molecule has 1 unspecified atom stereocenters. The van der Waals surface area contributed by atoms with Gasteiger partial charge in [0.25, 0.3) is 0 Å². The Balaban J connectivity index is 2.21. The van der Waals surface area contributed by atoms with Crippen LogP contribution in [0.1, 0.15) is 12.8 Å². The van der Waals surface area contributed by atoms with E-state index in [1.165, 1.54) is 12.8 Å². The highest BCUT2D eigenvalue weighted by atomic mass is 16.2. The fourth-order valence-corrected chi connectivity index (χ4v) is 2.01. The van der Waals surface area contributed by atoms with Crippen LogP contribution in [0.2, 0.25) is 0 Å². The molecule has 1 atom stereocenters. The van der Waals surface area contributed by atoms with Crippen molar-refractivity contribution in [3.63, 3.8) is 0 Å². The monoisotopic (exact) mass is 228 g/mol. The molecule has 0 aromatic rings. The largest absolute Gasteiger partial charge is 0.351 e. The highest BCUT2D eigenvalue weighted by Crippen LogP contribution is 2.10. The topological polar surface area (TPSA) is 87.5 Å². The fraction of sp³-hybridized carbons (Fsp3) is 0.800. The van der Waals surface area contributed by atoms with Gasteiger partial charge in [0.2, 0.25) is 5.91 Å². The lowest BCUT2D eigenvalue weighted by atomic mass is 9.99. The summed E-state index contributed by atoms with van der Waals surface area (Å²) in [6.07, 6.45) is 2.38. The van der Waals surface area contributed by atoms with Crippen molar-refractivity contribution in [3.8, 4) is 0 Å². The third-order valence-electron chi connectivity index (χ3n) is 2.64. The van der Waals surface area contributed by atoms with Crippen LogP contribution in [0.5, 0.6) is 0 Å². The number of hydrogen-bond acceptors (Lipinski definition) is 4. The molecule has 3 amide bonds. The molecular formula is C10H20N4O2. The molecule has 0 spiro atoms. The van der Waals surface area contributed by atoms with E-state index in [0.29, 0.717) is 5.92 Å². The number of nitrogens with one attached hydrogen (secondary N) is 2. The Morgan fingerprint density at radius 1 is 1.56 bits per heavy atom. The summed E-state index contributed by atoms with van der Waals surface area (Å²) in [5.41, 5.74) is 4.85. The Labute approximate surface area is 95.5 Å². The van der Waals surface area contributed by atoms with E-state index in [1.807, 2.05) is 11.9 Å². The van der Waals surface area contributed by atoms with Gasteiger partial charge in [0, 0.05) is 6.54 Å². The van der Waals surface area contributed by atoms with Crippen LogP contribution in [0, 0.1) is 5.92 Å². The van der Waals surface area contributed by atoms with E-state index in [0.717, 1.165) is 19.6 Å². The van der Waals surface area contributed by atoms with Crippen molar-refractivity contribution >= 4 is 11.9 Å². The molecule has 1 heterocycles. The summed E-state index contributed by atoms with van der Waals surface area (Å²) >= 11 is 0. The van der Waals surface area contributed by atoms with Gasteiger partial charge in [-0.25, -0.2) is 4.79 Å². The summed E-state index contributed by atoms with van der Waals surface area (Å²) in [7, 11) is 1.87. The number of nitrogens with two attached hydrogens (primary N) is 1. The fourth-order valence-electron chi connectivity index (χ4n) is 2.01. The number of carbonyl (C=O) groups excluding carboxylic acids is 2. The number of piperidine rings is 1. The first-order valence-electron chi connectivity index (χ1n) is 5.56. The highest BCUT2D eigenvalue weighted by molar-refractivity contribution is 5.94. The number of amides is 3. The number of rotatable bonds is 4. The lowest BCUT2D eigenvalue weighted by Crippen LogP contribution is -2.43. The summed E-state index contributed by atoms with van der Waals surface area (Å²) in [5.74, 6) is 0.235. The van der Waals surface area contributed by atoms with Crippen LogP contribution in [0.3, 0.4) is 0 Å². The third kappa shape index (κ3) is 5.09. The van der Waals surface area contributed by atoms with E-state index in [4.69, 9.17) is 5.73 Å². The molecule has 1 aliphatic heterocycles. The maximum atomic E-state index is 11.2. The normalized spacial score (nSPS) is 20.8. The van der Waals surface area contributed by atoms with Gasteiger partial charge in [-0.3, -0.25) is 15.0 Å². The summed E-state index contributed by atoms with van der Waals surface area (Å²) < 4.78 is 0. The van der Waals surface area contributed by atoms with Crippen molar-refractivity contribution in [1.29, 1.82) is 0 Å². The Morgan fingerprint density at radius 2 is 2.31 bits per heavy atom. The molecule has 16 heavy (non-hydrogen) atoms. The number of urea groups is 1. The summed E-state index contributed by atoms with van der Waals surface area (Å²) in [6, 6.07) is -0.794. The van der Waals surface area contributed by atoms with Gasteiger partial charge < -0.3 is 11.1 Å². The number of hydrogen-bond donors (Lipinski definition) is 3. The maximum absolute atomic E-state index is 11.2. The first-order chi connectivity index (χ1) is 7.58. The lowest BCUT2D eigenvalue weighted by Gasteiger charge is -2.27. The predicted octanol–water partition coefficient (Wildman–Crippen LogP) is -0.887. The van der Waals surface area contributed by atoms with Crippen LogP contribution in [0.25, 0.3) is 0 Å². The van der Waals surface area contributed by atoms with Crippen molar-refractivity contribution in [2.75, 3.05) is 33.2 Å². The number of primary amides is 1. The minimum atomic E-state index is -0.794. The van der Waals surface area contributed by atoms with E-state index < -0.39 is 6.03 Å². The van der Waals surface area contributed by atoms with Gasteiger partial charge in [-0.05, 0) is 38.9 Å². The minimum Gasteiger partial charge on any atom is -0.351 e. The molecule has 92 valence electrons. The number of carbonyl (C=O) groups is 2. The van der Waals surface area contributed by atoms with Gasteiger partial charge in [0.1, 0.15) is 0 Å². The van der Waals surface area contributed by atoms with E-state index in [9.17, 15) is 9.59 Å². The van der Waals surface area contributed by atoms with Crippen molar-refractivity contribution in [1.82, 2.24) is 15.5 Å². The van der Waals surface area contributed by atoms with Crippen molar-refractivity contribution in [2.45, 2.75) is 12.8 Å². The minimum absolute atomic E-state index is 0.208. The van der Waals surface area contributed by atoms with Gasteiger partial charge >= 0.3 is 6.03 Å². The molecule has 4 N–H and O–H groups in total. The second kappa shape index (κ2) is 6.44. The van der Waals surface area contributed by atoms with Crippen LogP contribution in [-0.4, -0.2) is 50.1 Å². The molecule has 0 bridgehead atoms. The number of likely N-dealkylation sites (N-methyl/N-ethyl adjacent to an activating group) is 1. The standard InChI is InChI=1S/C10H20N4O2/c1-14(7-9(15)13-10(11)16)6-8-3-2-4-12-5-8/h8,12H,2-7H2,1H3,(H3,11,13,15,16). The average Bonchev–Trinajstić information content (AvgIpc) is 2.17. The summed E-state index contributed by atoms with van der Waals surface area (Å²) in [4.78, 5) is 23.6. The van der Waals surface area contributed by atoms with Crippen LogP contribution >= 0.6 is 0 Å². The molecule has 1 saturated heterocycles. The van der Waals surface area contributed by atoms with Crippen LogP contribution < -0.4 is 16.4 Å². The zero-order chi connectivity index (χ0) is 12.0. The second-order valence-electron chi connectivity index (χ2n) is 4.32. The molecule has 6 nitrogen and oxygen atoms in total. The van der Waals surface area contributed by atoms with Gasteiger partial charge in [-0.1, -0.05) is 0 Å². The molecule has 0 radical (unpaired) electrons. The Bertz CT molecular complexity index is 251. The molecular weight excluding hydrogens is 208 g/mol. The van der Waals surface area contributed by atoms with E-state index >= 15 is 0 Å². The van der Waals surface area contributed by atoms with Crippen LogP contribution in [0.15, 0.2) is 0 Å².